The summed E-state index contributed by atoms with van der Waals surface area (Å²) in [6, 6.07) is 9.43. The molecule has 0 bridgehead atoms. The number of fused-ring (bicyclic) bond motifs is 8. The van der Waals surface area contributed by atoms with Crippen LogP contribution in [0.3, 0.4) is 0 Å². The second-order valence-corrected chi connectivity index (χ2v) is 27.8. The average molecular weight is 1110 g/mol. The number of aliphatic hydroxyl groups excluding tert-OH is 1. The largest absolute Gasteiger partial charge is 1.00 e. The molecule has 76 heavy (non-hydrogen) atoms. The minimum atomic E-state index is -4.69. The number of amides is 1. The Balaban J connectivity index is 0.00000706. The van der Waals surface area contributed by atoms with E-state index in [1.807, 2.05) is 52.8 Å². The van der Waals surface area contributed by atoms with E-state index in [0.29, 0.717) is 68.1 Å². The van der Waals surface area contributed by atoms with Crippen molar-refractivity contribution >= 4 is 43.2 Å². The molecule has 0 aromatic heterocycles. The van der Waals surface area contributed by atoms with Crippen LogP contribution in [-0.4, -0.2) is 109 Å². The van der Waals surface area contributed by atoms with E-state index in [9.17, 15) is 35.8 Å². The second-order valence-electron chi connectivity index (χ2n) is 25.1. The van der Waals surface area contributed by atoms with Gasteiger partial charge in [-0.25, -0.2) is 16.8 Å². The molecule has 13 nitrogen and oxygen atoms in total. The third kappa shape index (κ3) is 10.2. The molecule has 2 aromatic rings. The number of nitrogens with one attached hydrogen (secondary N) is 1. The minimum absolute atomic E-state index is 0. The zero-order chi connectivity index (χ0) is 53.8. The Morgan fingerprint density at radius 2 is 1.64 bits per heavy atom. The maximum Gasteiger partial charge on any atom is 1.00 e. The van der Waals surface area contributed by atoms with Gasteiger partial charge in [-0.15, -0.1) is 0 Å². The molecule has 10 atom stereocenters. The predicted molar refractivity (Wildman–Crippen MR) is 290 cm³/mol. The van der Waals surface area contributed by atoms with Crippen LogP contribution >= 0.6 is 0 Å². The number of rotatable bonds is 14. The van der Waals surface area contributed by atoms with Crippen LogP contribution in [0.5, 0.6) is 0 Å². The van der Waals surface area contributed by atoms with Crippen LogP contribution in [-0.2, 0) is 40.6 Å². The van der Waals surface area contributed by atoms with Crippen molar-refractivity contribution in [2.45, 2.75) is 184 Å². The molecular formula is C60H81KN4O9S2. The van der Waals surface area contributed by atoms with Crippen molar-refractivity contribution in [1.82, 2.24) is 10.2 Å². The normalized spacial score (nSPS) is 33.0. The molecule has 8 aliphatic rings. The van der Waals surface area contributed by atoms with Crippen molar-refractivity contribution in [3.63, 3.8) is 0 Å². The van der Waals surface area contributed by atoms with Crippen molar-refractivity contribution < 1.29 is 96.5 Å². The van der Waals surface area contributed by atoms with Crippen LogP contribution in [0.2, 0.25) is 0 Å². The summed E-state index contributed by atoms with van der Waals surface area (Å²) < 4.78 is 82.1. The Bertz CT molecular complexity index is 3030. The summed E-state index contributed by atoms with van der Waals surface area (Å²) in [6.45, 7) is 23.4. The SMILES string of the molecule is CCN1C(=CC=CC2=[N+](CCCCCC(=O)NCCN3CC(C)CC4OC5(CCC6C(=C5C)CC5C6CC=C6CC(O)CCC65C)C(C)C43)c3ccc(S(=O)(=O)[O-])cc3C2(C)C)C(C)(C)c2cc(S(=O)(=O)[O-])ccc21.[K+]. The Labute approximate surface area is 496 Å². The van der Waals surface area contributed by atoms with E-state index in [1.54, 1.807) is 17.7 Å². The Kier molecular flexibility index (Phi) is 16.5. The van der Waals surface area contributed by atoms with Gasteiger partial charge in [0.25, 0.3) is 0 Å². The number of hydrogen-bond donors (Lipinski definition) is 2. The van der Waals surface area contributed by atoms with Crippen molar-refractivity contribution in [1.29, 1.82) is 0 Å². The molecule has 10 unspecified atom stereocenters. The van der Waals surface area contributed by atoms with E-state index >= 15 is 0 Å². The minimum Gasteiger partial charge on any atom is -0.744 e. The number of benzene rings is 2. The van der Waals surface area contributed by atoms with Crippen LogP contribution in [0.25, 0.3) is 0 Å². The predicted octanol–water partition coefficient (Wildman–Crippen LogP) is 6.54. The van der Waals surface area contributed by atoms with Crippen LogP contribution in [0, 0.1) is 35.0 Å². The molecule has 10 rings (SSSR count). The molecule has 2 saturated carbocycles. The second kappa shape index (κ2) is 21.5. The average Bonchev–Trinajstić information content (AvgIpc) is 4.00. The molecule has 2 aromatic carbocycles. The molecule has 2 saturated heterocycles. The molecule has 4 fully saturated rings. The number of piperidine rings is 1. The Morgan fingerprint density at radius 3 is 2.36 bits per heavy atom. The summed E-state index contributed by atoms with van der Waals surface area (Å²) in [4.78, 5) is 17.6. The zero-order valence-corrected chi connectivity index (χ0v) is 51.5. The summed E-state index contributed by atoms with van der Waals surface area (Å²) in [5.41, 5.74) is 8.40. The van der Waals surface area contributed by atoms with Gasteiger partial charge in [0.2, 0.25) is 11.6 Å². The third-order valence-electron chi connectivity index (χ3n) is 20.2. The summed E-state index contributed by atoms with van der Waals surface area (Å²) in [7, 11) is -9.34. The van der Waals surface area contributed by atoms with Crippen LogP contribution < -0.4 is 61.6 Å². The van der Waals surface area contributed by atoms with Crippen molar-refractivity contribution in [2.75, 3.05) is 37.6 Å². The number of carbonyl (C=O) groups excluding carboxylic acids is 1. The van der Waals surface area contributed by atoms with Gasteiger partial charge in [-0.3, -0.25) is 9.69 Å². The van der Waals surface area contributed by atoms with E-state index in [4.69, 9.17) is 4.74 Å². The molecule has 4 aliphatic heterocycles. The van der Waals surface area contributed by atoms with Crippen molar-refractivity contribution in [2.24, 2.45) is 35.0 Å². The molecule has 1 amide bonds. The van der Waals surface area contributed by atoms with Gasteiger partial charge >= 0.3 is 51.4 Å². The zero-order valence-electron chi connectivity index (χ0n) is 46.8. The maximum atomic E-state index is 13.4. The smallest absolute Gasteiger partial charge is 0.744 e. The Hall–Kier alpha value is -2.32. The third-order valence-corrected chi connectivity index (χ3v) is 21.9. The molecule has 0 radical (unpaired) electrons. The van der Waals surface area contributed by atoms with Crippen LogP contribution in [0.1, 0.15) is 150 Å². The van der Waals surface area contributed by atoms with Crippen LogP contribution in [0.4, 0.5) is 11.4 Å². The number of allylic oxidation sites excluding steroid dienone is 6. The molecule has 1 spiro atoms. The molecule has 408 valence electrons. The number of likely N-dealkylation sites (tertiary alicyclic amines) is 1. The van der Waals surface area contributed by atoms with E-state index in [1.165, 1.54) is 48.3 Å². The number of anilines is 1. The Morgan fingerprint density at radius 1 is 0.934 bits per heavy atom. The van der Waals surface area contributed by atoms with Crippen LogP contribution in [0.15, 0.2) is 92.9 Å². The fourth-order valence-electron chi connectivity index (χ4n) is 16.3. The quantitative estimate of drug-likeness (QED) is 0.0690. The van der Waals surface area contributed by atoms with Gasteiger partial charge in [0.1, 0.15) is 26.8 Å². The standard InChI is InChI=1S/C60H82N4O9S2.K/c1-10-63-50-22-19-42(74(67,68)69)33-48(50)57(5,6)53(63)15-14-16-54-58(7,8)49-34-43(75(70,71)72)20-23-51(49)64(54)29-13-11-12-17-55(66)61-28-30-62-36-37(2)31-52-56(62)39(4)60(73-52)27-25-44-45-21-18-40-32-41(65)24-26-59(40,9)47(45)35-46(44)38(60)3;/h14-16,18-20,22-23,33-34,37,39,41,44-45,47,52,56,65H,10-13,17,21,24-32,35-36H2,1-9H3,(H2-,61,66,67,68,69,70,71,72);/q;+1/p-1. The fourth-order valence-corrected chi connectivity index (χ4v) is 17.3. The first-order valence-electron chi connectivity index (χ1n) is 28.1. The van der Waals surface area contributed by atoms with E-state index in [-0.39, 0.29) is 90.3 Å². The summed E-state index contributed by atoms with van der Waals surface area (Å²) in [6.07, 6.45) is 19.7. The topological polar surface area (TPSA) is 182 Å². The summed E-state index contributed by atoms with van der Waals surface area (Å²) >= 11 is 0. The number of unbranched alkanes of at least 4 members (excludes halogenated alkanes) is 2. The number of hydrogen-bond acceptors (Lipinski definition) is 11. The van der Waals surface area contributed by atoms with Gasteiger partial charge in [-0.2, -0.15) is 4.58 Å². The van der Waals surface area contributed by atoms with E-state index < -0.39 is 31.1 Å². The first-order chi connectivity index (χ1) is 35.3. The molecule has 4 aliphatic carbocycles. The van der Waals surface area contributed by atoms with Gasteiger partial charge < -0.3 is 29.2 Å². The van der Waals surface area contributed by atoms with Gasteiger partial charge in [0, 0.05) is 85.5 Å². The van der Waals surface area contributed by atoms with Gasteiger partial charge in [0.05, 0.1) is 33.0 Å². The summed E-state index contributed by atoms with van der Waals surface area (Å²) in [5, 5.41) is 13.8. The molecule has 4 heterocycles. The molecular weight excluding hydrogens is 1020 g/mol. The van der Waals surface area contributed by atoms with Gasteiger partial charge in [-0.05, 0) is 169 Å². The number of aliphatic hydroxyl groups is 1. The van der Waals surface area contributed by atoms with Crippen molar-refractivity contribution in [3.05, 3.63) is 94.2 Å². The molecule has 16 heteroatoms. The molecule has 2 N–H and O–H groups in total. The summed E-state index contributed by atoms with van der Waals surface area (Å²) in [5.74, 6) is 2.88. The van der Waals surface area contributed by atoms with E-state index in [2.05, 4.69) is 53.5 Å². The number of nitrogens with zero attached hydrogens (tertiary/aromatic N) is 3. The monoisotopic (exact) mass is 1100 g/mol. The van der Waals surface area contributed by atoms with Crippen molar-refractivity contribution in [3.8, 4) is 0 Å². The first kappa shape index (κ1) is 58.3. The number of ether oxygens (including phenoxy) is 1. The van der Waals surface area contributed by atoms with Gasteiger partial charge in [-0.1, -0.05) is 57.9 Å². The number of likely N-dealkylation sites (N-methyl/N-ethyl adjacent to an activating group) is 1. The first-order valence-corrected chi connectivity index (χ1v) is 30.9. The van der Waals surface area contributed by atoms with E-state index in [0.717, 1.165) is 98.4 Å². The maximum absolute atomic E-state index is 13.4. The van der Waals surface area contributed by atoms with Gasteiger partial charge in [0.15, 0.2) is 5.71 Å². The number of carbonyl (C=O) groups is 1. The fraction of sp³-hybridized carbons (Fsp3) is 0.633.